The predicted molar refractivity (Wildman–Crippen MR) is 126 cm³/mol. The van der Waals surface area contributed by atoms with Gasteiger partial charge in [-0.15, -0.1) is 0 Å². The van der Waals surface area contributed by atoms with Crippen molar-refractivity contribution in [1.82, 2.24) is 20.3 Å². The van der Waals surface area contributed by atoms with Gasteiger partial charge in [0.1, 0.15) is 17.8 Å². The predicted octanol–water partition coefficient (Wildman–Crippen LogP) is 4.45. The SMILES string of the molecule is CCOC(=O)CNCc1ccc(-c2cc3c(NC(C)c4ccccc4)ncnc3[nH]2)cc1. The number of hydrogen-bond donors (Lipinski definition) is 3. The molecular formula is C25H27N5O2. The van der Waals surface area contributed by atoms with Gasteiger partial charge in [0.15, 0.2) is 0 Å². The number of carbonyl (C=O) groups is 1. The van der Waals surface area contributed by atoms with Crippen molar-refractivity contribution in [3.05, 3.63) is 78.1 Å². The lowest BCUT2D eigenvalue weighted by Crippen LogP contribution is -2.24. The third-order valence-electron chi connectivity index (χ3n) is 5.25. The lowest BCUT2D eigenvalue weighted by Gasteiger charge is -2.15. The minimum Gasteiger partial charge on any atom is -0.465 e. The molecule has 0 fully saturated rings. The zero-order chi connectivity index (χ0) is 22.3. The van der Waals surface area contributed by atoms with E-state index in [1.165, 1.54) is 5.56 Å². The Labute approximate surface area is 187 Å². The molecule has 0 saturated carbocycles. The van der Waals surface area contributed by atoms with Crippen LogP contribution in [-0.2, 0) is 16.1 Å². The highest BCUT2D eigenvalue weighted by molar-refractivity contribution is 5.91. The molecule has 7 heteroatoms. The average molecular weight is 430 g/mol. The molecule has 0 bridgehead atoms. The number of hydrogen-bond acceptors (Lipinski definition) is 6. The number of esters is 1. The summed E-state index contributed by atoms with van der Waals surface area (Å²) in [5.41, 5.74) is 5.11. The van der Waals surface area contributed by atoms with E-state index in [9.17, 15) is 4.79 Å². The second-order valence-corrected chi connectivity index (χ2v) is 7.55. The monoisotopic (exact) mass is 429 g/mol. The van der Waals surface area contributed by atoms with Crippen molar-refractivity contribution >= 4 is 22.8 Å². The van der Waals surface area contributed by atoms with Gasteiger partial charge in [-0.3, -0.25) is 4.79 Å². The molecule has 2 aromatic heterocycles. The van der Waals surface area contributed by atoms with Gasteiger partial charge in [0.25, 0.3) is 0 Å². The molecule has 0 radical (unpaired) electrons. The van der Waals surface area contributed by atoms with Gasteiger partial charge in [0.2, 0.25) is 0 Å². The normalized spacial score (nSPS) is 11.9. The molecule has 2 aromatic carbocycles. The topological polar surface area (TPSA) is 91.9 Å². The molecule has 0 aliphatic heterocycles. The number of rotatable bonds is 9. The fraction of sp³-hybridized carbons (Fsp3) is 0.240. The van der Waals surface area contributed by atoms with Gasteiger partial charge in [0, 0.05) is 18.3 Å². The summed E-state index contributed by atoms with van der Waals surface area (Å²) in [7, 11) is 0. The Kier molecular flexibility index (Phi) is 6.77. The quantitative estimate of drug-likeness (QED) is 0.341. The maximum Gasteiger partial charge on any atom is 0.319 e. The molecule has 4 rings (SSSR count). The lowest BCUT2D eigenvalue weighted by molar-refractivity contribution is -0.142. The summed E-state index contributed by atoms with van der Waals surface area (Å²) in [5.74, 6) is 0.558. The van der Waals surface area contributed by atoms with Crippen molar-refractivity contribution in [2.45, 2.75) is 26.4 Å². The van der Waals surface area contributed by atoms with Gasteiger partial charge in [-0.05, 0) is 36.6 Å². The Hall–Kier alpha value is -3.71. The van der Waals surface area contributed by atoms with Crippen molar-refractivity contribution in [1.29, 1.82) is 0 Å². The fourth-order valence-corrected chi connectivity index (χ4v) is 3.56. The van der Waals surface area contributed by atoms with Crippen LogP contribution in [0, 0.1) is 0 Å². The number of benzene rings is 2. The number of aromatic amines is 1. The number of carbonyl (C=O) groups excluding carboxylic acids is 1. The first-order valence-electron chi connectivity index (χ1n) is 10.7. The van der Waals surface area contributed by atoms with Crippen LogP contribution in [0.15, 0.2) is 67.0 Å². The molecule has 164 valence electrons. The summed E-state index contributed by atoms with van der Waals surface area (Å²) >= 11 is 0. The van der Waals surface area contributed by atoms with Gasteiger partial charge >= 0.3 is 5.97 Å². The highest BCUT2D eigenvalue weighted by atomic mass is 16.5. The lowest BCUT2D eigenvalue weighted by atomic mass is 10.1. The summed E-state index contributed by atoms with van der Waals surface area (Å²) in [6, 6.07) is 20.7. The first kappa shape index (κ1) is 21.5. The molecule has 32 heavy (non-hydrogen) atoms. The third kappa shape index (κ3) is 5.12. The summed E-state index contributed by atoms with van der Waals surface area (Å²) in [6.45, 7) is 5.11. The van der Waals surface area contributed by atoms with E-state index in [1.807, 2.05) is 30.3 Å². The minimum absolute atomic E-state index is 0.119. The van der Waals surface area contributed by atoms with Crippen LogP contribution in [0.4, 0.5) is 5.82 Å². The molecule has 0 amide bonds. The summed E-state index contributed by atoms with van der Waals surface area (Å²) < 4.78 is 4.92. The van der Waals surface area contributed by atoms with Crippen molar-refractivity contribution in [2.75, 3.05) is 18.5 Å². The standard InChI is InChI=1S/C25H27N5O2/c1-3-32-23(31)15-26-14-18-9-11-20(12-10-18)22-13-21-24(27-16-28-25(21)30-22)29-17(2)19-7-5-4-6-8-19/h4-13,16-17,26H,3,14-15H2,1-2H3,(H2,27,28,29,30). The largest absolute Gasteiger partial charge is 0.465 e. The maximum absolute atomic E-state index is 11.4. The summed E-state index contributed by atoms with van der Waals surface area (Å²) in [5, 5.41) is 7.55. The Morgan fingerprint density at radius 3 is 2.62 bits per heavy atom. The van der Waals surface area contributed by atoms with Gasteiger partial charge in [-0.1, -0.05) is 54.6 Å². The maximum atomic E-state index is 11.4. The number of anilines is 1. The van der Waals surface area contributed by atoms with E-state index in [1.54, 1.807) is 13.3 Å². The van der Waals surface area contributed by atoms with E-state index in [4.69, 9.17) is 4.74 Å². The first-order chi connectivity index (χ1) is 15.6. The van der Waals surface area contributed by atoms with Gasteiger partial charge in [0.05, 0.1) is 18.5 Å². The molecule has 0 saturated heterocycles. The van der Waals surface area contributed by atoms with Crippen molar-refractivity contribution in [2.24, 2.45) is 0 Å². The third-order valence-corrected chi connectivity index (χ3v) is 5.25. The van der Waals surface area contributed by atoms with E-state index in [2.05, 4.69) is 62.8 Å². The van der Waals surface area contributed by atoms with Crippen LogP contribution in [-0.4, -0.2) is 34.1 Å². The van der Waals surface area contributed by atoms with Crippen LogP contribution in [0.25, 0.3) is 22.3 Å². The molecule has 4 aromatic rings. The molecule has 0 spiro atoms. The van der Waals surface area contributed by atoms with Crippen LogP contribution in [0.3, 0.4) is 0 Å². The van der Waals surface area contributed by atoms with E-state index in [0.717, 1.165) is 33.7 Å². The Balaban J connectivity index is 1.47. The van der Waals surface area contributed by atoms with Crippen LogP contribution in [0.5, 0.6) is 0 Å². The number of H-pyrrole nitrogens is 1. The molecule has 0 aliphatic rings. The number of fused-ring (bicyclic) bond motifs is 1. The minimum atomic E-state index is -0.241. The first-order valence-corrected chi connectivity index (χ1v) is 10.7. The van der Waals surface area contributed by atoms with Gasteiger partial charge < -0.3 is 20.4 Å². The van der Waals surface area contributed by atoms with Crippen LogP contribution >= 0.6 is 0 Å². The molecular weight excluding hydrogens is 402 g/mol. The number of nitrogens with zero attached hydrogens (tertiary/aromatic N) is 2. The summed E-state index contributed by atoms with van der Waals surface area (Å²) in [6.07, 6.45) is 1.57. The molecule has 1 unspecified atom stereocenters. The molecule has 1 atom stereocenters. The average Bonchev–Trinajstić information content (AvgIpc) is 3.26. The Bertz CT molecular complexity index is 1170. The van der Waals surface area contributed by atoms with Crippen molar-refractivity contribution < 1.29 is 9.53 Å². The van der Waals surface area contributed by atoms with Crippen LogP contribution < -0.4 is 10.6 Å². The molecule has 3 N–H and O–H groups in total. The summed E-state index contributed by atoms with van der Waals surface area (Å²) in [4.78, 5) is 23.7. The van der Waals surface area contributed by atoms with E-state index in [0.29, 0.717) is 13.2 Å². The van der Waals surface area contributed by atoms with E-state index >= 15 is 0 Å². The number of ether oxygens (including phenoxy) is 1. The number of aromatic nitrogens is 3. The smallest absolute Gasteiger partial charge is 0.319 e. The Morgan fingerprint density at radius 2 is 1.88 bits per heavy atom. The van der Waals surface area contributed by atoms with E-state index in [-0.39, 0.29) is 18.6 Å². The van der Waals surface area contributed by atoms with Gasteiger partial charge in [-0.25, -0.2) is 9.97 Å². The Morgan fingerprint density at radius 1 is 1.09 bits per heavy atom. The molecule has 0 aliphatic carbocycles. The van der Waals surface area contributed by atoms with Crippen molar-refractivity contribution in [3.8, 4) is 11.3 Å². The second kappa shape index (κ2) is 10.1. The highest BCUT2D eigenvalue weighted by Crippen LogP contribution is 2.29. The van der Waals surface area contributed by atoms with Gasteiger partial charge in [-0.2, -0.15) is 0 Å². The van der Waals surface area contributed by atoms with Crippen molar-refractivity contribution in [3.63, 3.8) is 0 Å². The van der Waals surface area contributed by atoms with E-state index < -0.39 is 0 Å². The number of nitrogens with one attached hydrogen (secondary N) is 3. The molecule has 7 nitrogen and oxygen atoms in total. The zero-order valence-corrected chi connectivity index (χ0v) is 18.3. The fourth-order valence-electron chi connectivity index (χ4n) is 3.56. The zero-order valence-electron chi connectivity index (χ0n) is 18.3. The van der Waals surface area contributed by atoms with Crippen LogP contribution in [0.2, 0.25) is 0 Å². The highest BCUT2D eigenvalue weighted by Gasteiger charge is 2.12. The second-order valence-electron chi connectivity index (χ2n) is 7.55. The van der Waals surface area contributed by atoms with Crippen LogP contribution in [0.1, 0.15) is 31.0 Å². The molecule has 2 heterocycles.